The maximum absolute atomic E-state index is 9.55. The minimum Gasteiger partial charge on any atom is -0.393 e. The molecule has 1 fully saturated rings. The van der Waals surface area contributed by atoms with E-state index in [1.54, 1.807) is 0 Å². The molecule has 1 aliphatic carbocycles. The molecule has 0 unspecified atom stereocenters. The van der Waals surface area contributed by atoms with Crippen molar-refractivity contribution >= 4 is 0 Å². The Kier molecular flexibility index (Phi) is 3.74. The van der Waals surface area contributed by atoms with Crippen molar-refractivity contribution in [3.05, 3.63) is 0 Å². The molecule has 0 radical (unpaired) electrons. The molecular formula is C11H22O2. The third kappa shape index (κ3) is 4.63. The SMILES string of the molecule is CC(C)(O)CCC1CCC(O)CC1. The second-order valence-corrected chi connectivity index (χ2v) is 5.03. The fourth-order valence-corrected chi connectivity index (χ4v) is 1.99. The van der Waals surface area contributed by atoms with Gasteiger partial charge in [-0.2, -0.15) is 0 Å². The predicted molar refractivity (Wildman–Crippen MR) is 53.5 cm³/mol. The number of aliphatic hydroxyl groups is 2. The highest BCUT2D eigenvalue weighted by Gasteiger charge is 2.21. The van der Waals surface area contributed by atoms with Crippen molar-refractivity contribution in [2.45, 2.75) is 64.1 Å². The Morgan fingerprint density at radius 3 is 2.15 bits per heavy atom. The van der Waals surface area contributed by atoms with E-state index >= 15 is 0 Å². The molecule has 1 aliphatic rings. The second kappa shape index (κ2) is 4.43. The van der Waals surface area contributed by atoms with Crippen LogP contribution in [0.5, 0.6) is 0 Å². The lowest BCUT2D eigenvalue weighted by atomic mass is 9.83. The maximum Gasteiger partial charge on any atom is 0.0591 e. The molecule has 0 aromatic carbocycles. The molecule has 13 heavy (non-hydrogen) atoms. The standard InChI is InChI=1S/C11H22O2/c1-11(2,13)8-7-9-3-5-10(12)6-4-9/h9-10,12-13H,3-8H2,1-2H3. The first-order valence-corrected chi connectivity index (χ1v) is 5.38. The molecule has 0 amide bonds. The van der Waals surface area contributed by atoms with Crippen LogP contribution in [0, 0.1) is 5.92 Å². The Bertz CT molecular complexity index is 141. The number of hydrogen-bond donors (Lipinski definition) is 2. The third-order valence-electron chi connectivity index (χ3n) is 2.98. The summed E-state index contributed by atoms with van der Waals surface area (Å²) in [6, 6.07) is 0. The average molecular weight is 186 g/mol. The molecule has 2 heteroatoms. The smallest absolute Gasteiger partial charge is 0.0591 e. The predicted octanol–water partition coefficient (Wildman–Crippen LogP) is 2.09. The Balaban J connectivity index is 2.16. The minimum atomic E-state index is -0.518. The number of hydrogen-bond acceptors (Lipinski definition) is 2. The van der Waals surface area contributed by atoms with Crippen LogP contribution in [0.1, 0.15) is 52.4 Å². The van der Waals surface area contributed by atoms with Gasteiger partial charge in [0.15, 0.2) is 0 Å². The van der Waals surface area contributed by atoms with E-state index in [2.05, 4.69) is 0 Å². The fraction of sp³-hybridized carbons (Fsp3) is 1.00. The molecule has 0 bridgehead atoms. The van der Waals surface area contributed by atoms with E-state index in [-0.39, 0.29) is 6.10 Å². The van der Waals surface area contributed by atoms with Gasteiger partial charge in [0.05, 0.1) is 11.7 Å². The Hall–Kier alpha value is -0.0800. The third-order valence-corrected chi connectivity index (χ3v) is 2.98. The van der Waals surface area contributed by atoms with Crippen LogP contribution in [-0.2, 0) is 0 Å². The van der Waals surface area contributed by atoms with Gasteiger partial charge in [-0.05, 0) is 58.3 Å². The van der Waals surface area contributed by atoms with E-state index in [0.29, 0.717) is 0 Å². The lowest BCUT2D eigenvalue weighted by Gasteiger charge is -2.27. The van der Waals surface area contributed by atoms with Gasteiger partial charge in [0.1, 0.15) is 0 Å². The molecule has 0 aromatic heterocycles. The first-order chi connectivity index (χ1) is 5.97. The number of rotatable bonds is 3. The van der Waals surface area contributed by atoms with Gasteiger partial charge in [-0.15, -0.1) is 0 Å². The summed E-state index contributed by atoms with van der Waals surface area (Å²) in [5, 5.41) is 18.9. The van der Waals surface area contributed by atoms with Crippen molar-refractivity contribution in [2.75, 3.05) is 0 Å². The zero-order chi connectivity index (χ0) is 9.90. The molecule has 78 valence electrons. The van der Waals surface area contributed by atoms with Crippen LogP contribution in [0.2, 0.25) is 0 Å². The van der Waals surface area contributed by atoms with Crippen molar-refractivity contribution in [3.8, 4) is 0 Å². The lowest BCUT2D eigenvalue weighted by Crippen LogP contribution is -2.23. The first-order valence-electron chi connectivity index (χ1n) is 5.38. The molecule has 0 atom stereocenters. The van der Waals surface area contributed by atoms with Gasteiger partial charge in [-0.3, -0.25) is 0 Å². The molecule has 2 N–H and O–H groups in total. The minimum absolute atomic E-state index is 0.0570. The molecule has 0 aromatic rings. The summed E-state index contributed by atoms with van der Waals surface area (Å²) in [5.41, 5.74) is -0.518. The largest absolute Gasteiger partial charge is 0.393 e. The van der Waals surface area contributed by atoms with Crippen LogP contribution in [-0.4, -0.2) is 21.9 Å². The zero-order valence-electron chi connectivity index (χ0n) is 8.79. The molecule has 0 heterocycles. The van der Waals surface area contributed by atoms with Crippen LogP contribution < -0.4 is 0 Å². The van der Waals surface area contributed by atoms with Gasteiger partial charge in [0.2, 0.25) is 0 Å². The van der Waals surface area contributed by atoms with Crippen molar-refractivity contribution in [2.24, 2.45) is 5.92 Å². The van der Waals surface area contributed by atoms with Gasteiger partial charge in [-0.25, -0.2) is 0 Å². The van der Waals surface area contributed by atoms with Gasteiger partial charge in [0, 0.05) is 0 Å². The van der Waals surface area contributed by atoms with Crippen molar-refractivity contribution in [3.63, 3.8) is 0 Å². The van der Waals surface area contributed by atoms with Crippen LogP contribution in [0.25, 0.3) is 0 Å². The monoisotopic (exact) mass is 186 g/mol. The normalized spacial score (nSPS) is 30.5. The molecule has 2 nitrogen and oxygen atoms in total. The first kappa shape index (κ1) is 11.0. The van der Waals surface area contributed by atoms with E-state index in [0.717, 1.165) is 44.4 Å². The van der Waals surface area contributed by atoms with E-state index in [1.165, 1.54) is 0 Å². The summed E-state index contributed by atoms with van der Waals surface area (Å²) in [5.74, 6) is 0.731. The number of aliphatic hydroxyl groups excluding tert-OH is 1. The molecular weight excluding hydrogens is 164 g/mol. The Morgan fingerprint density at radius 2 is 1.69 bits per heavy atom. The van der Waals surface area contributed by atoms with Crippen LogP contribution in [0.4, 0.5) is 0 Å². The quantitative estimate of drug-likeness (QED) is 0.708. The summed E-state index contributed by atoms with van der Waals surface area (Å²) >= 11 is 0. The average Bonchev–Trinajstić information content (AvgIpc) is 2.02. The molecule has 1 rings (SSSR count). The highest BCUT2D eigenvalue weighted by Crippen LogP contribution is 2.29. The molecule has 0 aliphatic heterocycles. The fourth-order valence-electron chi connectivity index (χ4n) is 1.99. The van der Waals surface area contributed by atoms with Crippen LogP contribution in [0.15, 0.2) is 0 Å². The second-order valence-electron chi connectivity index (χ2n) is 5.03. The maximum atomic E-state index is 9.55. The molecule has 1 saturated carbocycles. The van der Waals surface area contributed by atoms with Crippen LogP contribution in [0.3, 0.4) is 0 Å². The summed E-state index contributed by atoms with van der Waals surface area (Å²) in [6.45, 7) is 3.73. The van der Waals surface area contributed by atoms with E-state index < -0.39 is 5.60 Å². The zero-order valence-corrected chi connectivity index (χ0v) is 8.79. The highest BCUT2D eigenvalue weighted by atomic mass is 16.3. The summed E-state index contributed by atoms with van der Waals surface area (Å²) in [4.78, 5) is 0. The lowest BCUT2D eigenvalue weighted by molar-refractivity contribution is 0.0537. The highest BCUT2D eigenvalue weighted by molar-refractivity contribution is 4.74. The Labute approximate surface area is 81.0 Å². The van der Waals surface area contributed by atoms with Gasteiger partial charge >= 0.3 is 0 Å². The molecule has 0 saturated heterocycles. The van der Waals surface area contributed by atoms with Crippen molar-refractivity contribution in [1.29, 1.82) is 0 Å². The van der Waals surface area contributed by atoms with Gasteiger partial charge in [0.25, 0.3) is 0 Å². The Morgan fingerprint density at radius 1 is 1.15 bits per heavy atom. The molecule has 0 spiro atoms. The van der Waals surface area contributed by atoms with E-state index in [1.807, 2.05) is 13.8 Å². The summed E-state index contributed by atoms with van der Waals surface area (Å²) in [7, 11) is 0. The van der Waals surface area contributed by atoms with Gasteiger partial charge < -0.3 is 10.2 Å². The van der Waals surface area contributed by atoms with E-state index in [4.69, 9.17) is 0 Å². The van der Waals surface area contributed by atoms with Gasteiger partial charge in [-0.1, -0.05) is 0 Å². The van der Waals surface area contributed by atoms with Crippen molar-refractivity contribution < 1.29 is 10.2 Å². The topological polar surface area (TPSA) is 40.5 Å². The summed E-state index contributed by atoms with van der Waals surface area (Å²) < 4.78 is 0. The van der Waals surface area contributed by atoms with Crippen LogP contribution >= 0.6 is 0 Å². The summed E-state index contributed by atoms with van der Waals surface area (Å²) in [6.07, 6.45) is 6.12. The van der Waals surface area contributed by atoms with Crippen molar-refractivity contribution in [1.82, 2.24) is 0 Å². The van der Waals surface area contributed by atoms with E-state index in [9.17, 15) is 10.2 Å².